The van der Waals surface area contributed by atoms with Crippen LogP contribution in [0.4, 0.5) is 0 Å². The van der Waals surface area contributed by atoms with Gasteiger partial charge in [-0.05, 0) is 33.1 Å². The first-order valence-corrected chi connectivity index (χ1v) is 15.6. The summed E-state index contributed by atoms with van der Waals surface area (Å²) in [5.41, 5.74) is 15.7. The quantitative estimate of drug-likeness (QED) is 0.0523. The molecule has 0 radical (unpaired) electrons. The first kappa shape index (κ1) is 43.2. The number of carboxylic acids is 2. The highest BCUT2D eigenvalue weighted by Gasteiger charge is 2.38. The van der Waals surface area contributed by atoms with E-state index in [9.17, 15) is 57.8 Å². The van der Waals surface area contributed by atoms with E-state index in [1.165, 1.54) is 13.8 Å². The van der Waals surface area contributed by atoms with Crippen molar-refractivity contribution in [2.45, 2.75) is 88.6 Å². The topological polar surface area (TPSA) is 382 Å². The number of aliphatic carboxylic acids is 2. The summed E-state index contributed by atoms with van der Waals surface area (Å²) in [5.74, 6) is -10.8. The standard InChI is InChI=1S/C28H44N10O13/c1-12(23(45)32-11-21(42)36-15(5-6-18(30)39)27(49)38-7-3-4-17(38)28(50)51)35-26(48)16(9-19(31)40)37-24(46)13(2)34-20(41)10-33-25(47)14(29)8-22(43)44/h12-17H,3-11,29H2,1-2H3,(H2,30,39)(H2,31,40)(H,32,45)(H,33,47)(H,34,41)(H,35,48)(H,36,42)(H,37,46)(H,43,44)(H,50,51). The van der Waals surface area contributed by atoms with E-state index < -0.39 is 127 Å². The Bertz CT molecular complexity index is 1390. The molecule has 14 N–H and O–H groups in total. The van der Waals surface area contributed by atoms with Crippen molar-refractivity contribution in [3.8, 4) is 0 Å². The van der Waals surface area contributed by atoms with Crippen LogP contribution in [0.25, 0.3) is 0 Å². The van der Waals surface area contributed by atoms with Crippen LogP contribution in [-0.2, 0) is 52.7 Å². The molecule has 1 heterocycles. The van der Waals surface area contributed by atoms with Gasteiger partial charge in [-0.25, -0.2) is 4.79 Å². The maximum atomic E-state index is 13.0. The molecule has 1 aliphatic rings. The van der Waals surface area contributed by atoms with Gasteiger partial charge in [-0.15, -0.1) is 0 Å². The van der Waals surface area contributed by atoms with Crippen LogP contribution in [0.2, 0.25) is 0 Å². The molecule has 1 rings (SSSR count). The zero-order valence-corrected chi connectivity index (χ0v) is 27.9. The minimum absolute atomic E-state index is 0.115. The van der Waals surface area contributed by atoms with Crippen LogP contribution in [0.1, 0.15) is 52.4 Å². The first-order valence-electron chi connectivity index (χ1n) is 15.6. The van der Waals surface area contributed by atoms with E-state index in [4.69, 9.17) is 22.3 Å². The van der Waals surface area contributed by atoms with Crippen LogP contribution in [0, 0.1) is 0 Å². The van der Waals surface area contributed by atoms with Crippen molar-refractivity contribution in [3.05, 3.63) is 0 Å². The van der Waals surface area contributed by atoms with Gasteiger partial charge >= 0.3 is 11.9 Å². The minimum Gasteiger partial charge on any atom is -0.481 e. The molecule has 1 saturated heterocycles. The molecule has 6 unspecified atom stereocenters. The Kier molecular flexibility index (Phi) is 17.4. The van der Waals surface area contributed by atoms with Crippen molar-refractivity contribution in [2.75, 3.05) is 19.6 Å². The molecule has 0 aromatic carbocycles. The smallest absolute Gasteiger partial charge is 0.326 e. The normalized spacial score (nSPS) is 16.5. The molecule has 0 saturated carbocycles. The van der Waals surface area contributed by atoms with Crippen molar-refractivity contribution in [2.24, 2.45) is 17.2 Å². The molecule has 0 bridgehead atoms. The Morgan fingerprint density at radius 2 is 1.27 bits per heavy atom. The number of carbonyl (C=O) groups excluding carboxylic acids is 9. The first-order chi connectivity index (χ1) is 23.7. The van der Waals surface area contributed by atoms with Crippen LogP contribution < -0.4 is 49.1 Å². The lowest BCUT2D eigenvalue weighted by molar-refractivity contribution is -0.149. The number of primary amides is 2. The summed E-state index contributed by atoms with van der Waals surface area (Å²) < 4.78 is 0. The maximum absolute atomic E-state index is 13.0. The summed E-state index contributed by atoms with van der Waals surface area (Å²) in [7, 11) is 0. The summed E-state index contributed by atoms with van der Waals surface area (Å²) in [6.45, 7) is 1.13. The molecule has 284 valence electrons. The SMILES string of the molecule is CC(NC(=O)CNC(=O)C(N)CC(=O)O)C(=O)NC(CC(N)=O)C(=O)NC(C)C(=O)NCC(=O)NC(CCC(N)=O)C(=O)N1CCCC1C(=O)O. The lowest BCUT2D eigenvalue weighted by atomic mass is 10.1. The number of hydrogen-bond donors (Lipinski definition) is 11. The van der Waals surface area contributed by atoms with Gasteiger partial charge in [0.15, 0.2) is 0 Å². The molecule has 0 aromatic heterocycles. The van der Waals surface area contributed by atoms with E-state index in [0.717, 1.165) is 4.90 Å². The third-order valence-corrected chi connectivity index (χ3v) is 7.27. The average Bonchev–Trinajstić information content (AvgIpc) is 3.53. The van der Waals surface area contributed by atoms with Crippen molar-refractivity contribution in [3.63, 3.8) is 0 Å². The number of amides is 9. The lowest BCUT2D eigenvalue weighted by Gasteiger charge is -2.27. The van der Waals surface area contributed by atoms with Gasteiger partial charge in [-0.1, -0.05) is 0 Å². The highest BCUT2D eigenvalue weighted by atomic mass is 16.4. The second kappa shape index (κ2) is 20.6. The van der Waals surface area contributed by atoms with Crippen molar-refractivity contribution >= 4 is 65.1 Å². The molecule has 0 aromatic rings. The Morgan fingerprint density at radius 3 is 1.82 bits per heavy atom. The second-order valence-corrected chi connectivity index (χ2v) is 11.5. The lowest BCUT2D eigenvalue weighted by Crippen LogP contribution is -2.57. The maximum Gasteiger partial charge on any atom is 0.326 e. The van der Waals surface area contributed by atoms with E-state index in [0.29, 0.717) is 6.42 Å². The number of hydrogen-bond acceptors (Lipinski definition) is 12. The molecule has 23 heteroatoms. The fourth-order valence-corrected chi connectivity index (χ4v) is 4.62. The summed E-state index contributed by atoms with van der Waals surface area (Å²) >= 11 is 0. The Hall–Kier alpha value is -5.87. The van der Waals surface area contributed by atoms with E-state index in [2.05, 4.69) is 31.9 Å². The van der Waals surface area contributed by atoms with Crippen molar-refractivity contribution < 1.29 is 63.0 Å². The predicted octanol–water partition coefficient (Wildman–Crippen LogP) is -6.78. The van der Waals surface area contributed by atoms with Crippen LogP contribution in [0.3, 0.4) is 0 Å². The molecule has 9 amide bonds. The zero-order valence-electron chi connectivity index (χ0n) is 27.9. The molecule has 1 fully saturated rings. The molecule has 23 nitrogen and oxygen atoms in total. The Morgan fingerprint density at radius 1 is 0.706 bits per heavy atom. The molecule has 51 heavy (non-hydrogen) atoms. The number of nitrogens with two attached hydrogens (primary N) is 3. The molecule has 0 aliphatic carbocycles. The van der Waals surface area contributed by atoms with E-state index in [-0.39, 0.29) is 25.8 Å². The van der Waals surface area contributed by atoms with Gasteiger partial charge in [0.25, 0.3) is 0 Å². The second-order valence-electron chi connectivity index (χ2n) is 11.5. The van der Waals surface area contributed by atoms with Crippen LogP contribution >= 0.6 is 0 Å². The van der Waals surface area contributed by atoms with Crippen LogP contribution in [0.15, 0.2) is 0 Å². The highest BCUT2D eigenvalue weighted by Crippen LogP contribution is 2.19. The van der Waals surface area contributed by atoms with Crippen LogP contribution in [0.5, 0.6) is 0 Å². The van der Waals surface area contributed by atoms with Gasteiger partial charge in [-0.3, -0.25) is 47.9 Å². The minimum atomic E-state index is -1.63. The average molecular weight is 729 g/mol. The highest BCUT2D eigenvalue weighted by molar-refractivity contribution is 5.98. The van der Waals surface area contributed by atoms with Gasteiger partial charge in [-0.2, -0.15) is 0 Å². The zero-order chi connectivity index (χ0) is 39.0. The van der Waals surface area contributed by atoms with Crippen LogP contribution in [-0.4, -0.2) is 136 Å². The Balaban J connectivity index is 2.74. The predicted molar refractivity (Wildman–Crippen MR) is 170 cm³/mol. The van der Waals surface area contributed by atoms with E-state index >= 15 is 0 Å². The number of nitrogens with zero attached hydrogens (tertiary/aromatic N) is 1. The summed E-state index contributed by atoms with van der Waals surface area (Å²) in [5, 5.41) is 31.4. The van der Waals surface area contributed by atoms with Gasteiger partial charge in [0, 0.05) is 13.0 Å². The fraction of sp³-hybridized carbons (Fsp3) is 0.607. The Labute approximate surface area is 290 Å². The number of likely N-dealkylation sites (tertiary alicyclic amines) is 1. The summed E-state index contributed by atoms with van der Waals surface area (Å²) in [6.07, 6.45) is -1.36. The molecular weight excluding hydrogens is 684 g/mol. The molecule has 0 spiro atoms. The molecule has 6 atom stereocenters. The third-order valence-electron chi connectivity index (χ3n) is 7.27. The summed E-state index contributed by atoms with van der Waals surface area (Å²) in [4.78, 5) is 134. The number of carboxylic acid groups (broad SMARTS) is 2. The van der Waals surface area contributed by atoms with Crippen molar-refractivity contribution in [1.82, 2.24) is 36.8 Å². The number of carbonyl (C=O) groups is 11. The van der Waals surface area contributed by atoms with Gasteiger partial charge < -0.3 is 64.2 Å². The van der Waals surface area contributed by atoms with E-state index in [1.54, 1.807) is 0 Å². The largest absolute Gasteiger partial charge is 0.481 e. The molecular formula is C28H44N10O13. The number of nitrogens with one attached hydrogen (secondary N) is 6. The van der Waals surface area contributed by atoms with Gasteiger partial charge in [0.05, 0.1) is 32.0 Å². The fourth-order valence-electron chi connectivity index (χ4n) is 4.62. The molecule has 1 aliphatic heterocycles. The summed E-state index contributed by atoms with van der Waals surface area (Å²) in [6, 6.07) is -8.19. The number of rotatable bonds is 21. The van der Waals surface area contributed by atoms with Gasteiger partial charge in [0.2, 0.25) is 53.2 Å². The third kappa shape index (κ3) is 15.5. The van der Waals surface area contributed by atoms with Gasteiger partial charge in [0.1, 0.15) is 30.2 Å². The van der Waals surface area contributed by atoms with E-state index in [1.807, 2.05) is 0 Å². The monoisotopic (exact) mass is 728 g/mol. The van der Waals surface area contributed by atoms with Crippen molar-refractivity contribution in [1.29, 1.82) is 0 Å².